The van der Waals surface area contributed by atoms with Crippen LogP contribution in [-0.2, 0) is 12.3 Å². The number of hydrogen-bond donors (Lipinski definition) is 2. The van der Waals surface area contributed by atoms with E-state index in [-0.39, 0.29) is 0 Å². The van der Waals surface area contributed by atoms with E-state index >= 15 is 0 Å². The molecule has 0 saturated carbocycles. The van der Waals surface area contributed by atoms with Crippen LogP contribution in [0.25, 0.3) is 10.2 Å². The molecule has 0 unspecified atom stereocenters. The lowest BCUT2D eigenvalue weighted by molar-refractivity contribution is 0.518. The molecule has 3 nitrogen and oxygen atoms in total. The molecular weight excluding hydrogens is 312 g/mol. The zero-order chi connectivity index (χ0) is 13.9. The Labute approximate surface area is 129 Å². The molecule has 6 heteroatoms. The third-order valence-corrected chi connectivity index (χ3v) is 4.93. The van der Waals surface area contributed by atoms with Crippen molar-refractivity contribution in [2.75, 3.05) is 5.32 Å². The molecule has 0 aromatic carbocycles. The molecule has 3 aromatic heterocycles. The lowest BCUT2D eigenvalue weighted by Gasteiger charge is -2.06. The van der Waals surface area contributed by atoms with Crippen molar-refractivity contribution in [3.05, 3.63) is 46.3 Å². The van der Waals surface area contributed by atoms with E-state index in [2.05, 4.69) is 22.2 Å². The number of nitrogens with one attached hydrogen (secondary N) is 1. The molecular formula is C14H13ClN2OS2. The number of pyridine rings is 1. The van der Waals surface area contributed by atoms with Crippen LogP contribution < -0.4 is 5.32 Å². The number of thiophene rings is 1. The summed E-state index contributed by atoms with van der Waals surface area (Å²) in [5.74, 6) is 5.69. The normalized spacial score (nSPS) is 11.1. The number of thiol groups is 1. The summed E-state index contributed by atoms with van der Waals surface area (Å²) in [6.07, 6.45) is 1.67. The largest absolute Gasteiger partial charge is 0.467 e. The SMILES string of the molecule is C=[SH]Cc1cc2nc(Cl)cc(NCc3ccco3)c2s1. The van der Waals surface area contributed by atoms with E-state index in [0.717, 1.165) is 38.8 Å². The number of rotatable bonds is 5. The van der Waals surface area contributed by atoms with Gasteiger partial charge in [0.1, 0.15) is 10.9 Å². The zero-order valence-corrected chi connectivity index (χ0v) is 13.1. The number of halogens is 1. The Morgan fingerprint density at radius 2 is 2.35 bits per heavy atom. The summed E-state index contributed by atoms with van der Waals surface area (Å²) in [5.41, 5.74) is 1.93. The number of aromatic nitrogens is 1. The molecule has 0 fully saturated rings. The smallest absolute Gasteiger partial charge is 0.131 e. The number of anilines is 1. The summed E-state index contributed by atoms with van der Waals surface area (Å²) >= 11 is 8.93. The third kappa shape index (κ3) is 2.90. The first-order valence-corrected chi connectivity index (χ1v) is 8.50. The second-order valence-electron chi connectivity index (χ2n) is 4.23. The molecule has 104 valence electrons. The van der Waals surface area contributed by atoms with Crippen molar-refractivity contribution in [1.29, 1.82) is 0 Å². The van der Waals surface area contributed by atoms with Gasteiger partial charge in [0.15, 0.2) is 0 Å². The Kier molecular flexibility index (Phi) is 4.10. The first-order chi connectivity index (χ1) is 9.76. The van der Waals surface area contributed by atoms with Crippen LogP contribution in [0.2, 0.25) is 5.15 Å². The van der Waals surface area contributed by atoms with Crippen LogP contribution in [0.3, 0.4) is 0 Å². The minimum absolute atomic E-state index is 0.496. The van der Waals surface area contributed by atoms with E-state index in [4.69, 9.17) is 16.0 Å². The molecule has 3 heterocycles. The van der Waals surface area contributed by atoms with Crippen molar-refractivity contribution in [3.8, 4) is 0 Å². The Morgan fingerprint density at radius 1 is 1.45 bits per heavy atom. The fraction of sp³-hybridized carbons (Fsp3) is 0.143. The van der Waals surface area contributed by atoms with Gasteiger partial charge in [0.25, 0.3) is 0 Å². The van der Waals surface area contributed by atoms with Crippen LogP contribution in [0.15, 0.2) is 34.9 Å². The molecule has 0 amide bonds. The summed E-state index contributed by atoms with van der Waals surface area (Å²) in [7, 11) is 0. The molecule has 0 aliphatic heterocycles. The van der Waals surface area contributed by atoms with E-state index in [1.54, 1.807) is 17.6 Å². The summed E-state index contributed by atoms with van der Waals surface area (Å²) in [4.78, 5) is 5.64. The van der Waals surface area contributed by atoms with Crippen molar-refractivity contribution in [3.63, 3.8) is 0 Å². The van der Waals surface area contributed by atoms with Gasteiger partial charge in [-0.15, -0.1) is 11.3 Å². The molecule has 0 atom stereocenters. The Morgan fingerprint density at radius 3 is 3.10 bits per heavy atom. The van der Waals surface area contributed by atoms with Gasteiger partial charge in [-0.2, -0.15) is 0 Å². The van der Waals surface area contributed by atoms with E-state index in [9.17, 15) is 0 Å². The summed E-state index contributed by atoms with van der Waals surface area (Å²) in [6, 6.07) is 7.76. The molecule has 0 spiro atoms. The summed E-state index contributed by atoms with van der Waals surface area (Å²) < 4.78 is 6.45. The summed E-state index contributed by atoms with van der Waals surface area (Å²) in [5, 5.41) is 3.86. The van der Waals surface area contributed by atoms with Crippen molar-refractivity contribution in [2.45, 2.75) is 12.3 Å². The van der Waals surface area contributed by atoms with Crippen molar-refractivity contribution in [2.24, 2.45) is 0 Å². The van der Waals surface area contributed by atoms with Crippen LogP contribution >= 0.6 is 34.3 Å². The quantitative estimate of drug-likeness (QED) is 0.411. The minimum Gasteiger partial charge on any atom is -0.467 e. The lowest BCUT2D eigenvalue weighted by atomic mass is 10.3. The predicted molar refractivity (Wildman–Crippen MR) is 90.5 cm³/mol. The molecule has 20 heavy (non-hydrogen) atoms. The fourth-order valence-electron chi connectivity index (χ4n) is 1.95. The van der Waals surface area contributed by atoms with Gasteiger partial charge in [-0.25, -0.2) is 16.3 Å². The molecule has 0 aliphatic carbocycles. The Bertz CT molecular complexity index is 737. The fourth-order valence-corrected chi connectivity index (χ4v) is 3.88. The highest BCUT2D eigenvalue weighted by atomic mass is 35.5. The van der Waals surface area contributed by atoms with Gasteiger partial charge < -0.3 is 9.73 Å². The van der Waals surface area contributed by atoms with E-state index in [1.807, 2.05) is 18.2 Å². The summed E-state index contributed by atoms with van der Waals surface area (Å²) in [6.45, 7) is 0.628. The Hall–Kier alpha value is -1.30. The van der Waals surface area contributed by atoms with Crippen LogP contribution in [0.5, 0.6) is 0 Å². The number of hydrogen-bond acceptors (Lipinski definition) is 4. The zero-order valence-electron chi connectivity index (χ0n) is 10.6. The number of furan rings is 1. The maximum atomic E-state index is 6.09. The highest BCUT2D eigenvalue weighted by molar-refractivity contribution is 7.95. The van der Waals surface area contributed by atoms with Gasteiger partial charge in [-0.05, 0) is 18.2 Å². The van der Waals surface area contributed by atoms with Gasteiger partial charge in [0.2, 0.25) is 0 Å². The average molecular weight is 325 g/mol. The monoisotopic (exact) mass is 324 g/mol. The molecule has 0 saturated heterocycles. The maximum absolute atomic E-state index is 6.09. The molecule has 3 rings (SSSR count). The second-order valence-corrected chi connectivity index (χ2v) is 6.52. The minimum atomic E-state index is 0.496. The molecule has 3 aromatic rings. The van der Waals surface area contributed by atoms with E-state index in [0.29, 0.717) is 11.7 Å². The first-order valence-electron chi connectivity index (χ1n) is 6.04. The van der Waals surface area contributed by atoms with Crippen molar-refractivity contribution >= 4 is 56.1 Å². The van der Waals surface area contributed by atoms with Gasteiger partial charge in [0.05, 0.1) is 28.7 Å². The molecule has 0 aliphatic rings. The van der Waals surface area contributed by atoms with Crippen LogP contribution in [-0.4, -0.2) is 10.9 Å². The molecule has 0 radical (unpaired) electrons. The standard InChI is InChI=1S/C14H13ClN2OS2/c1-19-8-10-5-12-14(20-10)11(6-13(15)17-12)16-7-9-3-2-4-18-9/h2-6,19H,1,7-8H2,(H,16,17). The van der Waals surface area contributed by atoms with E-state index in [1.165, 1.54) is 4.88 Å². The lowest BCUT2D eigenvalue weighted by Crippen LogP contribution is -1.98. The second kappa shape index (κ2) is 5.99. The van der Waals surface area contributed by atoms with Crippen LogP contribution in [0, 0.1) is 0 Å². The van der Waals surface area contributed by atoms with Crippen LogP contribution in [0.4, 0.5) is 5.69 Å². The molecule has 0 bridgehead atoms. The predicted octanol–water partition coefficient (Wildman–Crippen LogP) is 4.55. The highest BCUT2D eigenvalue weighted by Crippen LogP contribution is 2.34. The van der Waals surface area contributed by atoms with Crippen molar-refractivity contribution < 1.29 is 4.42 Å². The van der Waals surface area contributed by atoms with Gasteiger partial charge in [-0.1, -0.05) is 17.5 Å². The van der Waals surface area contributed by atoms with Gasteiger partial charge in [-0.3, -0.25) is 0 Å². The van der Waals surface area contributed by atoms with Crippen molar-refractivity contribution in [1.82, 2.24) is 4.98 Å². The number of nitrogens with zero attached hydrogens (tertiary/aromatic N) is 1. The van der Waals surface area contributed by atoms with Gasteiger partial charge in [0, 0.05) is 16.7 Å². The average Bonchev–Trinajstić information content (AvgIpc) is 3.05. The van der Waals surface area contributed by atoms with Crippen LogP contribution in [0.1, 0.15) is 10.6 Å². The third-order valence-electron chi connectivity index (χ3n) is 2.80. The Balaban J connectivity index is 1.93. The topological polar surface area (TPSA) is 38.1 Å². The van der Waals surface area contributed by atoms with Gasteiger partial charge >= 0.3 is 0 Å². The van der Waals surface area contributed by atoms with E-state index < -0.39 is 0 Å². The number of fused-ring (bicyclic) bond motifs is 1. The maximum Gasteiger partial charge on any atom is 0.131 e. The molecule has 1 N–H and O–H groups in total. The first kappa shape index (κ1) is 13.7. The highest BCUT2D eigenvalue weighted by Gasteiger charge is 2.09.